The minimum absolute atomic E-state index is 0.203. The van der Waals surface area contributed by atoms with E-state index < -0.39 is 60.5 Å². The van der Waals surface area contributed by atoms with Crippen LogP contribution in [0.1, 0.15) is 10.4 Å². The number of anilines is 2. The molecular formula is C16H17F2IN4O6. The Kier molecular flexibility index (Phi) is 7.83. The molecule has 2 rings (SSSR count). The zero-order chi connectivity index (χ0) is 21.7. The van der Waals surface area contributed by atoms with E-state index in [1.807, 2.05) is 28.1 Å². The zero-order valence-corrected chi connectivity index (χ0v) is 17.1. The van der Waals surface area contributed by atoms with E-state index >= 15 is 0 Å². The highest BCUT2D eigenvalue weighted by Gasteiger charge is 2.25. The predicted octanol–water partition coefficient (Wildman–Crippen LogP) is -0.0241. The Morgan fingerprint density at radius 2 is 2.07 bits per heavy atom. The van der Waals surface area contributed by atoms with Gasteiger partial charge in [-0.15, -0.1) is 0 Å². The second-order valence-electron chi connectivity index (χ2n) is 5.75. The van der Waals surface area contributed by atoms with Crippen LogP contribution >= 0.6 is 22.6 Å². The maximum Gasteiger partial charge on any atom is 0.334 e. The van der Waals surface area contributed by atoms with Crippen LogP contribution in [0.5, 0.6) is 0 Å². The molecule has 1 atom stereocenters. The normalized spacial score (nSPS) is 11.9. The van der Waals surface area contributed by atoms with Crippen molar-refractivity contribution in [3.05, 3.63) is 54.0 Å². The van der Waals surface area contributed by atoms with E-state index in [2.05, 4.69) is 5.32 Å². The van der Waals surface area contributed by atoms with E-state index in [1.54, 1.807) is 0 Å². The van der Waals surface area contributed by atoms with Gasteiger partial charge in [-0.05, 0) is 40.8 Å². The first-order valence-corrected chi connectivity index (χ1v) is 9.12. The SMILES string of the molecule is Cn1c(=O)c(C(=O)NOCC(O)CO)c(Nc2ccc(I)cc2F)n(CF)c1=O. The first-order chi connectivity index (χ1) is 13.7. The molecule has 2 aromatic rings. The number of hydrogen-bond acceptors (Lipinski definition) is 7. The lowest BCUT2D eigenvalue weighted by atomic mass is 10.2. The van der Waals surface area contributed by atoms with Gasteiger partial charge in [0.05, 0.1) is 12.3 Å². The largest absolute Gasteiger partial charge is 0.394 e. The number of amides is 1. The van der Waals surface area contributed by atoms with Crippen molar-refractivity contribution < 1.29 is 28.6 Å². The average molecular weight is 526 g/mol. The van der Waals surface area contributed by atoms with E-state index in [9.17, 15) is 28.3 Å². The molecule has 0 bridgehead atoms. The van der Waals surface area contributed by atoms with Gasteiger partial charge in [0.2, 0.25) is 0 Å². The molecule has 1 aromatic heterocycles. The summed E-state index contributed by atoms with van der Waals surface area (Å²) in [5.41, 5.74) is -1.22. The number of hydrogen-bond donors (Lipinski definition) is 4. The summed E-state index contributed by atoms with van der Waals surface area (Å²) in [4.78, 5) is 41.9. The molecule has 0 saturated heterocycles. The number of carbonyl (C=O) groups excluding carboxylic acids is 1. The van der Waals surface area contributed by atoms with Crippen molar-refractivity contribution in [2.75, 3.05) is 18.5 Å². The summed E-state index contributed by atoms with van der Waals surface area (Å²) in [6.45, 7) is -2.55. The summed E-state index contributed by atoms with van der Waals surface area (Å²) in [5.74, 6) is -2.51. The molecule has 0 spiro atoms. The molecule has 4 N–H and O–H groups in total. The van der Waals surface area contributed by atoms with Crippen molar-refractivity contribution in [2.45, 2.75) is 12.9 Å². The van der Waals surface area contributed by atoms with Gasteiger partial charge in [-0.25, -0.2) is 23.6 Å². The third-order valence-electron chi connectivity index (χ3n) is 3.73. The van der Waals surface area contributed by atoms with Crippen molar-refractivity contribution in [1.82, 2.24) is 14.6 Å². The fourth-order valence-electron chi connectivity index (χ4n) is 2.24. The molecule has 0 aliphatic heterocycles. The summed E-state index contributed by atoms with van der Waals surface area (Å²) in [6, 6.07) is 3.96. The Morgan fingerprint density at radius 3 is 2.66 bits per heavy atom. The minimum Gasteiger partial charge on any atom is -0.394 e. The highest BCUT2D eigenvalue weighted by molar-refractivity contribution is 14.1. The van der Waals surface area contributed by atoms with Gasteiger partial charge in [0, 0.05) is 10.6 Å². The lowest BCUT2D eigenvalue weighted by Crippen LogP contribution is -2.44. The molecule has 158 valence electrons. The second kappa shape index (κ2) is 9.91. The number of carbonyl (C=O) groups is 1. The van der Waals surface area contributed by atoms with Crippen LogP contribution in [0.25, 0.3) is 0 Å². The summed E-state index contributed by atoms with van der Waals surface area (Å²) in [7, 11) is 1.04. The highest BCUT2D eigenvalue weighted by Crippen LogP contribution is 2.23. The third-order valence-corrected chi connectivity index (χ3v) is 4.40. The molecule has 0 aliphatic rings. The molecule has 0 saturated carbocycles. The van der Waals surface area contributed by atoms with Gasteiger partial charge in [0.1, 0.15) is 29.9 Å². The molecule has 1 amide bonds. The summed E-state index contributed by atoms with van der Waals surface area (Å²) in [6.07, 6.45) is -1.29. The van der Waals surface area contributed by atoms with Crippen LogP contribution in [0.4, 0.5) is 20.3 Å². The summed E-state index contributed by atoms with van der Waals surface area (Å²) < 4.78 is 29.3. The Labute approximate surface area is 175 Å². The topological polar surface area (TPSA) is 135 Å². The molecule has 0 aliphatic carbocycles. The molecule has 1 unspecified atom stereocenters. The number of aliphatic hydroxyl groups excluding tert-OH is 2. The molecule has 0 radical (unpaired) electrons. The summed E-state index contributed by atoms with van der Waals surface area (Å²) in [5, 5.41) is 20.4. The number of benzene rings is 1. The van der Waals surface area contributed by atoms with Gasteiger partial charge >= 0.3 is 5.69 Å². The molecule has 1 aromatic carbocycles. The van der Waals surface area contributed by atoms with Crippen molar-refractivity contribution in [2.24, 2.45) is 7.05 Å². The maximum atomic E-state index is 14.2. The van der Waals surface area contributed by atoms with E-state index in [-0.39, 0.29) is 5.69 Å². The smallest absolute Gasteiger partial charge is 0.334 e. The Hall–Kier alpha value is -2.36. The molecule has 10 nitrogen and oxygen atoms in total. The number of nitrogens with zero attached hydrogens (tertiary/aromatic N) is 2. The Bertz CT molecular complexity index is 1030. The van der Waals surface area contributed by atoms with Crippen LogP contribution in [0, 0.1) is 9.39 Å². The Morgan fingerprint density at radius 1 is 1.38 bits per heavy atom. The fourth-order valence-corrected chi connectivity index (χ4v) is 2.69. The van der Waals surface area contributed by atoms with Crippen molar-refractivity contribution in [1.29, 1.82) is 0 Å². The Balaban J connectivity index is 2.53. The predicted molar refractivity (Wildman–Crippen MR) is 106 cm³/mol. The number of aromatic nitrogens is 2. The monoisotopic (exact) mass is 526 g/mol. The molecule has 0 fully saturated rings. The van der Waals surface area contributed by atoms with Crippen molar-refractivity contribution >= 4 is 40.0 Å². The zero-order valence-electron chi connectivity index (χ0n) is 15.0. The van der Waals surface area contributed by atoms with Crippen molar-refractivity contribution in [3.8, 4) is 0 Å². The standard InChI is InChI=1S/C16H17F2IN4O6/c1-22-15(27)12(14(26)21-29-6-9(25)5-24)13(23(7-17)16(22)28)20-11-3-2-8(19)4-10(11)18/h2-4,9,20,24-25H,5-7H2,1H3,(H,21,26). The first-order valence-electron chi connectivity index (χ1n) is 8.04. The number of halogens is 3. The lowest BCUT2D eigenvalue weighted by molar-refractivity contribution is -0.0296. The van der Waals surface area contributed by atoms with E-state index in [0.717, 1.165) is 13.1 Å². The number of aliphatic hydroxyl groups is 2. The van der Waals surface area contributed by atoms with Gasteiger partial charge in [-0.1, -0.05) is 0 Å². The van der Waals surface area contributed by atoms with Gasteiger partial charge in [-0.3, -0.25) is 19.0 Å². The quantitative estimate of drug-likeness (QED) is 0.281. The van der Waals surface area contributed by atoms with Gasteiger partial charge < -0.3 is 15.5 Å². The maximum absolute atomic E-state index is 14.2. The van der Waals surface area contributed by atoms with E-state index in [1.165, 1.54) is 12.1 Å². The molecular weight excluding hydrogens is 509 g/mol. The van der Waals surface area contributed by atoms with Crippen molar-refractivity contribution in [3.63, 3.8) is 0 Å². The number of nitrogens with one attached hydrogen (secondary N) is 2. The average Bonchev–Trinajstić information content (AvgIpc) is 2.68. The third kappa shape index (κ3) is 5.17. The fraction of sp³-hybridized carbons (Fsp3) is 0.312. The summed E-state index contributed by atoms with van der Waals surface area (Å²) >= 11 is 1.87. The van der Waals surface area contributed by atoms with Crippen LogP contribution < -0.4 is 22.0 Å². The number of alkyl halides is 1. The highest BCUT2D eigenvalue weighted by atomic mass is 127. The van der Waals surface area contributed by atoms with Crippen LogP contribution in [-0.2, 0) is 18.7 Å². The minimum atomic E-state index is -1.41. The van der Waals surface area contributed by atoms with E-state index in [4.69, 9.17) is 9.94 Å². The molecule has 1 heterocycles. The molecule has 29 heavy (non-hydrogen) atoms. The number of hydroxylamine groups is 1. The van der Waals surface area contributed by atoms with E-state index in [0.29, 0.717) is 12.7 Å². The number of rotatable bonds is 8. The molecule has 13 heteroatoms. The van der Waals surface area contributed by atoms with Gasteiger partial charge in [0.15, 0.2) is 6.80 Å². The lowest BCUT2D eigenvalue weighted by Gasteiger charge is -2.18. The first kappa shape index (κ1) is 22.9. The van der Waals surface area contributed by atoms with Gasteiger partial charge in [-0.2, -0.15) is 0 Å². The van der Waals surface area contributed by atoms with Crippen LogP contribution in [0.15, 0.2) is 27.8 Å². The van der Waals surface area contributed by atoms with Crippen LogP contribution in [0.2, 0.25) is 0 Å². The second-order valence-corrected chi connectivity index (χ2v) is 6.99. The van der Waals surface area contributed by atoms with Crippen LogP contribution in [0.3, 0.4) is 0 Å². The van der Waals surface area contributed by atoms with Gasteiger partial charge in [0.25, 0.3) is 11.5 Å². The van der Waals surface area contributed by atoms with Crippen LogP contribution in [-0.4, -0.2) is 44.6 Å².